The molecule has 1 unspecified atom stereocenters. The van der Waals surface area contributed by atoms with Gasteiger partial charge in [0.1, 0.15) is 13.2 Å². The second-order valence-corrected chi connectivity index (χ2v) is 21.6. The van der Waals surface area contributed by atoms with Gasteiger partial charge in [0, 0.05) is 19.3 Å². The minimum Gasteiger partial charge on any atom is -0.462 e. The number of rotatable bonds is 59. The van der Waals surface area contributed by atoms with Gasteiger partial charge in [-0.1, -0.05) is 306 Å². The van der Waals surface area contributed by atoms with Crippen molar-refractivity contribution in [1.82, 2.24) is 0 Å². The third-order valence-corrected chi connectivity index (χ3v) is 14.2. The summed E-state index contributed by atoms with van der Waals surface area (Å²) in [6.07, 6.45) is 82.4. The molecular formula is C69H122O6. The van der Waals surface area contributed by atoms with Gasteiger partial charge in [0.25, 0.3) is 0 Å². The van der Waals surface area contributed by atoms with Gasteiger partial charge in [0.15, 0.2) is 6.10 Å². The highest BCUT2D eigenvalue weighted by Gasteiger charge is 2.19. The van der Waals surface area contributed by atoms with Crippen LogP contribution in [0.3, 0.4) is 0 Å². The van der Waals surface area contributed by atoms with Crippen molar-refractivity contribution in [3.63, 3.8) is 0 Å². The summed E-state index contributed by atoms with van der Waals surface area (Å²) in [4.78, 5) is 38.2. The van der Waals surface area contributed by atoms with Crippen LogP contribution in [0.2, 0.25) is 0 Å². The predicted molar refractivity (Wildman–Crippen MR) is 325 cm³/mol. The second-order valence-electron chi connectivity index (χ2n) is 21.6. The summed E-state index contributed by atoms with van der Waals surface area (Å²) >= 11 is 0. The molecule has 0 aliphatic carbocycles. The summed E-state index contributed by atoms with van der Waals surface area (Å²) in [7, 11) is 0. The van der Waals surface area contributed by atoms with E-state index in [0.29, 0.717) is 19.3 Å². The number of carbonyl (C=O) groups excluding carboxylic acids is 3. The monoisotopic (exact) mass is 1050 g/mol. The van der Waals surface area contributed by atoms with Crippen LogP contribution in [-0.2, 0) is 28.6 Å². The van der Waals surface area contributed by atoms with Gasteiger partial charge in [0.05, 0.1) is 0 Å². The average molecular weight is 1050 g/mol. The fourth-order valence-electron chi connectivity index (χ4n) is 9.37. The molecule has 0 heterocycles. The lowest BCUT2D eigenvalue weighted by Gasteiger charge is -2.18. The first-order chi connectivity index (χ1) is 37.0. The van der Waals surface area contributed by atoms with Crippen LogP contribution in [0.5, 0.6) is 0 Å². The molecule has 0 fully saturated rings. The molecule has 0 spiro atoms. The Morgan fingerprint density at radius 1 is 0.280 bits per heavy atom. The van der Waals surface area contributed by atoms with Gasteiger partial charge in [-0.2, -0.15) is 0 Å². The minimum absolute atomic E-state index is 0.101. The predicted octanol–water partition coefficient (Wildman–Crippen LogP) is 22.1. The molecule has 0 aliphatic rings. The van der Waals surface area contributed by atoms with Gasteiger partial charge >= 0.3 is 17.9 Å². The number of hydrogen-bond donors (Lipinski definition) is 0. The number of allylic oxidation sites excluding steroid dienone is 12. The summed E-state index contributed by atoms with van der Waals surface area (Å²) < 4.78 is 16.8. The number of hydrogen-bond acceptors (Lipinski definition) is 6. The molecule has 0 aliphatic heterocycles. The Kier molecular flexibility index (Phi) is 60.7. The van der Waals surface area contributed by atoms with E-state index in [0.717, 1.165) is 89.9 Å². The zero-order valence-corrected chi connectivity index (χ0v) is 49.8. The van der Waals surface area contributed by atoms with Gasteiger partial charge in [0.2, 0.25) is 0 Å². The Morgan fingerprint density at radius 2 is 0.547 bits per heavy atom. The molecule has 0 saturated heterocycles. The number of esters is 3. The van der Waals surface area contributed by atoms with Gasteiger partial charge < -0.3 is 14.2 Å². The van der Waals surface area contributed by atoms with Crippen molar-refractivity contribution in [2.24, 2.45) is 0 Å². The molecule has 0 bridgehead atoms. The van der Waals surface area contributed by atoms with Crippen LogP contribution in [0.25, 0.3) is 0 Å². The standard InChI is InChI=1S/C69H122O6/c1-4-7-10-13-16-19-22-25-27-28-29-30-31-32-33-34-35-36-37-38-39-40-42-44-47-50-53-56-59-62-68(71)74-65-66(64-73-67(70)61-58-55-52-49-46-43-24-21-18-15-12-9-6-3)75-69(72)63-60-57-54-51-48-45-41-26-23-20-17-14-11-8-5-2/h9,12,17-18,20-21,26,41,43,46,52,55,66H,4-8,10-11,13-16,19,22-25,27-40,42,44-45,47-51,53-54,56-65H2,1-3H3/b12-9-,20-17-,21-18-,41-26-,46-43-,55-52-. The summed E-state index contributed by atoms with van der Waals surface area (Å²) in [6.45, 7) is 6.46. The third-order valence-electron chi connectivity index (χ3n) is 14.2. The Morgan fingerprint density at radius 3 is 0.920 bits per heavy atom. The SMILES string of the molecule is CC/C=C\C/C=C\C/C=C\C/C=C\CCC(=O)OCC(COC(=O)CCCCCCCCCCCCCCCCCCCCCCCCCCCCCCC)OC(=O)CCCCCCC/C=C\C/C=C\CCCCC. The van der Waals surface area contributed by atoms with Gasteiger partial charge in [-0.25, -0.2) is 0 Å². The van der Waals surface area contributed by atoms with Crippen LogP contribution in [0, 0.1) is 0 Å². The molecule has 0 N–H and O–H groups in total. The second kappa shape index (κ2) is 63.4. The molecule has 6 heteroatoms. The average Bonchev–Trinajstić information content (AvgIpc) is 3.41. The van der Waals surface area contributed by atoms with E-state index < -0.39 is 6.10 Å². The van der Waals surface area contributed by atoms with E-state index in [1.807, 2.05) is 6.08 Å². The molecule has 0 aromatic rings. The van der Waals surface area contributed by atoms with Crippen LogP contribution < -0.4 is 0 Å². The summed E-state index contributed by atoms with van der Waals surface area (Å²) in [5.74, 6) is -0.987. The summed E-state index contributed by atoms with van der Waals surface area (Å²) in [5.41, 5.74) is 0. The molecule has 0 aromatic carbocycles. The van der Waals surface area contributed by atoms with Gasteiger partial charge in [-0.3, -0.25) is 14.4 Å². The fraction of sp³-hybridized carbons (Fsp3) is 0.783. The third kappa shape index (κ3) is 61.6. The van der Waals surface area contributed by atoms with Crippen molar-refractivity contribution >= 4 is 17.9 Å². The molecular weight excluding hydrogens is 925 g/mol. The molecule has 0 saturated carbocycles. The zero-order valence-electron chi connectivity index (χ0n) is 49.8. The van der Waals surface area contributed by atoms with Gasteiger partial charge in [-0.15, -0.1) is 0 Å². The highest BCUT2D eigenvalue weighted by Crippen LogP contribution is 2.18. The first-order valence-electron chi connectivity index (χ1n) is 32.4. The topological polar surface area (TPSA) is 78.9 Å². The van der Waals surface area contributed by atoms with Crippen LogP contribution in [0.4, 0.5) is 0 Å². The molecule has 0 amide bonds. The Balaban J connectivity index is 4.21. The van der Waals surface area contributed by atoms with E-state index in [9.17, 15) is 14.4 Å². The first kappa shape index (κ1) is 71.8. The minimum atomic E-state index is -0.811. The smallest absolute Gasteiger partial charge is 0.306 e. The lowest BCUT2D eigenvalue weighted by molar-refractivity contribution is -0.166. The van der Waals surface area contributed by atoms with E-state index in [2.05, 4.69) is 87.6 Å². The summed E-state index contributed by atoms with van der Waals surface area (Å²) in [6, 6.07) is 0. The maximum Gasteiger partial charge on any atom is 0.306 e. The molecule has 0 rings (SSSR count). The molecule has 6 nitrogen and oxygen atoms in total. The zero-order chi connectivity index (χ0) is 54.3. The highest BCUT2D eigenvalue weighted by molar-refractivity contribution is 5.71. The Bertz CT molecular complexity index is 1390. The fourth-order valence-corrected chi connectivity index (χ4v) is 9.37. The number of ether oxygens (including phenoxy) is 3. The van der Waals surface area contributed by atoms with Crippen molar-refractivity contribution in [2.45, 2.75) is 335 Å². The van der Waals surface area contributed by atoms with Crippen molar-refractivity contribution in [3.8, 4) is 0 Å². The molecule has 0 radical (unpaired) electrons. The summed E-state index contributed by atoms with van der Waals surface area (Å²) in [5, 5.41) is 0. The van der Waals surface area contributed by atoms with E-state index in [4.69, 9.17) is 14.2 Å². The highest BCUT2D eigenvalue weighted by atomic mass is 16.6. The molecule has 1 atom stereocenters. The van der Waals surface area contributed by atoms with Crippen LogP contribution in [0.15, 0.2) is 72.9 Å². The Hall–Kier alpha value is -3.15. The van der Waals surface area contributed by atoms with E-state index in [1.165, 1.54) is 193 Å². The number of carbonyl (C=O) groups is 3. The van der Waals surface area contributed by atoms with Gasteiger partial charge in [-0.05, 0) is 77.0 Å². The maximum atomic E-state index is 12.9. The van der Waals surface area contributed by atoms with E-state index in [-0.39, 0.29) is 37.5 Å². The molecule has 0 aromatic heterocycles. The van der Waals surface area contributed by atoms with Crippen LogP contribution >= 0.6 is 0 Å². The lowest BCUT2D eigenvalue weighted by atomic mass is 10.0. The lowest BCUT2D eigenvalue weighted by Crippen LogP contribution is -2.30. The van der Waals surface area contributed by atoms with E-state index in [1.54, 1.807) is 0 Å². The van der Waals surface area contributed by atoms with Crippen molar-refractivity contribution in [2.75, 3.05) is 13.2 Å². The van der Waals surface area contributed by atoms with E-state index >= 15 is 0 Å². The number of unbranched alkanes of at least 4 members (excludes halogenated alkanes) is 36. The van der Waals surface area contributed by atoms with Crippen molar-refractivity contribution < 1.29 is 28.6 Å². The molecule has 75 heavy (non-hydrogen) atoms. The van der Waals surface area contributed by atoms with Crippen LogP contribution in [-0.4, -0.2) is 37.2 Å². The van der Waals surface area contributed by atoms with Crippen LogP contribution in [0.1, 0.15) is 329 Å². The normalized spacial score (nSPS) is 12.5. The molecule has 434 valence electrons. The largest absolute Gasteiger partial charge is 0.462 e. The quantitative estimate of drug-likeness (QED) is 0.0261. The van der Waals surface area contributed by atoms with Crippen molar-refractivity contribution in [1.29, 1.82) is 0 Å². The Labute approximate surface area is 465 Å². The first-order valence-corrected chi connectivity index (χ1v) is 32.4. The maximum absolute atomic E-state index is 12.9. The van der Waals surface area contributed by atoms with Crippen molar-refractivity contribution in [3.05, 3.63) is 72.9 Å².